The number of nitrogens with zero attached hydrogens (tertiary/aromatic N) is 3. The minimum Gasteiger partial charge on any atom is -0.397 e. The van der Waals surface area contributed by atoms with Crippen molar-refractivity contribution >= 4 is 38.8 Å². The van der Waals surface area contributed by atoms with E-state index in [4.69, 9.17) is 5.73 Å². The van der Waals surface area contributed by atoms with Crippen LogP contribution in [-0.4, -0.2) is 20.3 Å². The van der Waals surface area contributed by atoms with Gasteiger partial charge in [0.05, 0.1) is 17.1 Å². The van der Waals surface area contributed by atoms with Gasteiger partial charge >= 0.3 is 0 Å². The Morgan fingerprint density at radius 1 is 1.10 bits per heavy atom. The van der Waals surface area contributed by atoms with Gasteiger partial charge in [-0.15, -0.1) is 11.3 Å². The van der Waals surface area contributed by atoms with Crippen LogP contribution < -0.4 is 16.6 Å². The predicted molar refractivity (Wildman–Crippen MR) is 122 cm³/mol. The summed E-state index contributed by atoms with van der Waals surface area (Å²) in [6, 6.07) is 9.29. The summed E-state index contributed by atoms with van der Waals surface area (Å²) in [6.45, 7) is 7.71. The third kappa shape index (κ3) is 2.91. The fourth-order valence-corrected chi connectivity index (χ4v) is 4.72. The lowest BCUT2D eigenvalue weighted by Gasteiger charge is -2.07. The maximum absolute atomic E-state index is 13.1. The number of nitrogens with one attached hydrogen (secondary N) is 1. The average Bonchev–Trinajstić information content (AvgIpc) is 3.16. The number of amides is 1. The van der Waals surface area contributed by atoms with E-state index in [9.17, 15) is 9.59 Å². The fraction of sp³-hybridized carbons (Fsp3) is 0.227. The van der Waals surface area contributed by atoms with E-state index in [1.54, 1.807) is 18.7 Å². The van der Waals surface area contributed by atoms with Crippen LogP contribution >= 0.6 is 11.3 Å². The highest BCUT2D eigenvalue weighted by Gasteiger charge is 2.23. The molecule has 0 aliphatic heterocycles. The molecule has 0 saturated carbocycles. The summed E-state index contributed by atoms with van der Waals surface area (Å²) in [5.41, 5.74) is 11.0. The number of para-hydroxylation sites is 1. The first kappa shape index (κ1) is 19.9. The van der Waals surface area contributed by atoms with Gasteiger partial charge in [-0.2, -0.15) is 0 Å². The first-order chi connectivity index (χ1) is 14.2. The zero-order valence-electron chi connectivity index (χ0n) is 17.5. The van der Waals surface area contributed by atoms with E-state index in [1.807, 2.05) is 51.1 Å². The number of nitrogen functional groups attached to an aromatic ring is 1. The number of fused-ring (bicyclic) bond motifs is 1. The van der Waals surface area contributed by atoms with Gasteiger partial charge in [-0.25, -0.2) is 9.67 Å². The number of rotatable bonds is 3. The Kier molecular flexibility index (Phi) is 4.74. The van der Waals surface area contributed by atoms with Gasteiger partial charge in [0, 0.05) is 18.1 Å². The normalized spacial score (nSPS) is 11.2. The van der Waals surface area contributed by atoms with E-state index in [1.165, 1.54) is 16.0 Å². The second-order valence-electron chi connectivity index (χ2n) is 7.36. The van der Waals surface area contributed by atoms with Gasteiger partial charge in [-0.05, 0) is 51.0 Å². The Bertz CT molecular complexity index is 1360. The van der Waals surface area contributed by atoms with Gasteiger partial charge in [0.25, 0.3) is 11.5 Å². The number of anilines is 2. The maximum Gasteiger partial charge on any atom is 0.295 e. The number of pyridine rings is 1. The molecule has 0 spiro atoms. The maximum atomic E-state index is 13.1. The summed E-state index contributed by atoms with van der Waals surface area (Å²) in [5.74, 6) is -0.406. The van der Waals surface area contributed by atoms with Gasteiger partial charge in [0.15, 0.2) is 0 Å². The van der Waals surface area contributed by atoms with Crippen molar-refractivity contribution in [1.29, 1.82) is 0 Å². The van der Waals surface area contributed by atoms with E-state index in [0.717, 1.165) is 32.7 Å². The predicted octanol–water partition coefficient (Wildman–Crippen LogP) is 3.85. The van der Waals surface area contributed by atoms with Crippen LogP contribution in [0, 0.1) is 27.7 Å². The first-order valence-corrected chi connectivity index (χ1v) is 10.3. The monoisotopic (exact) mass is 421 g/mol. The van der Waals surface area contributed by atoms with Crippen LogP contribution in [0.15, 0.2) is 35.1 Å². The number of benzene rings is 1. The zero-order valence-corrected chi connectivity index (χ0v) is 18.3. The molecular formula is C22H23N5O2S. The molecule has 1 amide bonds. The quantitative estimate of drug-likeness (QED) is 0.525. The second kappa shape index (κ2) is 7.14. The Balaban J connectivity index is 1.78. The standard InChI is InChI=1S/C22H23N5O2S/c1-11-12(2)16-17(23)19(30-21(16)24-13(11)3)20(28)25-18-14(4)26(5)27(22(18)29)15-9-7-6-8-10-15/h6-10H,23H2,1-5H3,(H,25,28). The molecule has 30 heavy (non-hydrogen) atoms. The van der Waals surface area contributed by atoms with Crippen LogP contribution in [0.3, 0.4) is 0 Å². The zero-order chi connectivity index (χ0) is 21.7. The summed E-state index contributed by atoms with van der Waals surface area (Å²) in [6.07, 6.45) is 0. The van der Waals surface area contributed by atoms with Gasteiger partial charge in [0.2, 0.25) is 0 Å². The largest absolute Gasteiger partial charge is 0.397 e. The van der Waals surface area contributed by atoms with Crippen LogP contribution in [0.1, 0.15) is 32.2 Å². The molecule has 0 atom stereocenters. The molecule has 8 heteroatoms. The van der Waals surface area contributed by atoms with Crippen LogP contribution in [0.4, 0.5) is 11.4 Å². The van der Waals surface area contributed by atoms with Crippen LogP contribution in [-0.2, 0) is 7.05 Å². The lowest BCUT2D eigenvalue weighted by Crippen LogP contribution is -2.22. The molecule has 3 aromatic heterocycles. The van der Waals surface area contributed by atoms with Crippen molar-refractivity contribution in [2.24, 2.45) is 7.05 Å². The van der Waals surface area contributed by atoms with E-state index in [-0.39, 0.29) is 11.2 Å². The number of aryl methyl sites for hydroxylation is 2. The molecule has 0 radical (unpaired) electrons. The minimum atomic E-state index is -0.406. The highest BCUT2D eigenvalue weighted by molar-refractivity contribution is 7.21. The van der Waals surface area contributed by atoms with E-state index >= 15 is 0 Å². The molecule has 0 unspecified atom stereocenters. The lowest BCUT2D eigenvalue weighted by atomic mass is 10.1. The molecule has 3 N–H and O–H groups in total. The molecule has 4 rings (SSSR count). The third-order valence-electron chi connectivity index (χ3n) is 5.67. The number of carbonyl (C=O) groups excluding carboxylic acids is 1. The lowest BCUT2D eigenvalue weighted by molar-refractivity contribution is 0.103. The molecule has 0 fully saturated rings. The molecule has 1 aromatic carbocycles. The van der Waals surface area contributed by atoms with E-state index in [0.29, 0.717) is 16.3 Å². The molecule has 0 bridgehead atoms. The number of hydrogen-bond acceptors (Lipinski definition) is 5. The molecule has 3 heterocycles. The van der Waals surface area contributed by atoms with Gasteiger partial charge in [0.1, 0.15) is 15.4 Å². The topological polar surface area (TPSA) is 94.9 Å². The summed E-state index contributed by atoms with van der Waals surface area (Å²) in [4.78, 5) is 31.8. The summed E-state index contributed by atoms with van der Waals surface area (Å²) >= 11 is 1.24. The number of carbonyl (C=O) groups is 1. The first-order valence-electron chi connectivity index (χ1n) is 9.53. The van der Waals surface area contributed by atoms with Crippen molar-refractivity contribution in [2.45, 2.75) is 27.7 Å². The Hall–Kier alpha value is -3.39. The number of aromatic nitrogens is 3. The average molecular weight is 422 g/mol. The Morgan fingerprint density at radius 2 is 1.77 bits per heavy atom. The summed E-state index contributed by atoms with van der Waals surface area (Å²) < 4.78 is 3.25. The second-order valence-corrected chi connectivity index (χ2v) is 8.36. The number of hydrogen-bond donors (Lipinski definition) is 2. The Morgan fingerprint density at radius 3 is 2.43 bits per heavy atom. The van der Waals surface area contributed by atoms with E-state index in [2.05, 4.69) is 10.3 Å². The smallest absolute Gasteiger partial charge is 0.295 e. The van der Waals surface area contributed by atoms with E-state index < -0.39 is 5.91 Å². The van der Waals surface area contributed by atoms with Crippen molar-refractivity contribution < 1.29 is 4.79 Å². The summed E-state index contributed by atoms with van der Waals surface area (Å²) in [7, 11) is 1.78. The number of nitrogens with two attached hydrogens (primary N) is 1. The summed E-state index contributed by atoms with van der Waals surface area (Å²) in [5, 5.41) is 3.59. The number of thiophene rings is 1. The minimum absolute atomic E-state index is 0.236. The molecule has 7 nitrogen and oxygen atoms in total. The highest BCUT2D eigenvalue weighted by Crippen LogP contribution is 2.36. The van der Waals surface area contributed by atoms with Crippen molar-refractivity contribution in [2.75, 3.05) is 11.1 Å². The van der Waals surface area contributed by atoms with Crippen LogP contribution in [0.25, 0.3) is 15.9 Å². The van der Waals surface area contributed by atoms with Gasteiger partial charge < -0.3 is 11.1 Å². The molecule has 4 aromatic rings. The van der Waals surface area contributed by atoms with Crippen molar-refractivity contribution in [1.82, 2.24) is 14.3 Å². The molecule has 154 valence electrons. The van der Waals surface area contributed by atoms with Crippen molar-refractivity contribution in [3.05, 3.63) is 68.1 Å². The Labute approximate surface area is 177 Å². The van der Waals surface area contributed by atoms with Gasteiger partial charge in [-0.1, -0.05) is 18.2 Å². The third-order valence-corrected chi connectivity index (χ3v) is 6.77. The van der Waals surface area contributed by atoms with Gasteiger partial charge in [-0.3, -0.25) is 14.3 Å². The molecular weight excluding hydrogens is 398 g/mol. The molecule has 0 aliphatic rings. The highest BCUT2D eigenvalue weighted by atomic mass is 32.1. The SMILES string of the molecule is Cc1nc2sc(C(=O)Nc3c(C)n(C)n(-c4ccccc4)c3=O)c(N)c2c(C)c1C. The van der Waals surface area contributed by atoms with Crippen LogP contribution in [0.2, 0.25) is 0 Å². The fourth-order valence-electron chi connectivity index (χ4n) is 3.62. The van der Waals surface area contributed by atoms with Crippen molar-refractivity contribution in [3.8, 4) is 5.69 Å². The van der Waals surface area contributed by atoms with Crippen LogP contribution in [0.5, 0.6) is 0 Å². The molecule has 0 aliphatic carbocycles. The molecule has 0 saturated heterocycles. The van der Waals surface area contributed by atoms with Crippen molar-refractivity contribution in [3.63, 3.8) is 0 Å².